The molecule has 1 aromatic carbocycles. The van der Waals surface area contributed by atoms with E-state index < -0.39 is 5.82 Å². The molecule has 1 heterocycles. The molecule has 0 spiro atoms. The van der Waals surface area contributed by atoms with Crippen LogP contribution < -0.4 is 0 Å². The highest BCUT2D eigenvalue weighted by atomic mass is 79.9. The Kier molecular flexibility index (Phi) is 3.54. The number of fused-ring (bicyclic) bond motifs is 1. The number of halogens is 2. The highest BCUT2D eigenvalue weighted by molar-refractivity contribution is 9.10. The van der Waals surface area contributed by atoms with E-state index in [0.29, 0.717) is 4.47 Å². The molecule has 1 aliphatic rings. The summed E-state index contributed by atoms with van der Waals surface area (Å²) in [5, 5.41) is 2.02. The van der Waals surface area contributed by atoms with E-state index in [9.17, 15) is 9.18 Å². The van der Waals surface area contributed by atoms with E-state index in [1.807, 2.05) is 11.4 Å². The molecule has 2 aromatic rings. The van der Waals surface area contributed by atoms with Crippen molar-refractivity contribution in [3.8, 4) is 0 Å². The van der Waals surface area contributed by atoms with Gasteiger partial charge in [-0.25, -0.2) is 4.39 Å². The Labute approximate surface area is 123 Å². The Morgan fingerprint density at radius 1 is 1.37 bits per heavy atom. The highest BCUT2D eigenvalue weighted by Crippen LogP contribution is 2.37. The molecule has 1 atom stereocenters. The number of hydrogen-bond acceptors (Lipinski definition) is 2. The molecular formula is C15H12BrFOS. The maximum absolute atomic E-state index is 13.9. The third-order valence-corrected chi connectivity index (χ3v) is 5.05. The van der Waals surface area contributed by atoms with Gasteiger partial charge in [-0.05, 0) is 54.5 Å². The van der Waals surface area contributed by atoms with E-state index in [-0.39, 0.29) is 17.3 Å². The van der Waals surface area contributed by atoms with E-state index in [1.54, 1.807) is 23.5 Å². The summed E-state index contributed by atoms with van der Waals surface area (Å²) >= 11 is 4.91. The zero-order chi connectivity index (χ0) is 13.4. The molecule has 0 amide bonds. The summed E-state index contributed by atoms with van der Waals surface area (Å²) in [5.74, 6) is -0.711. The van der Waals surface area contributed by atoms with Gasteiger partial charge in [-0.3, -0.25) is 4.79 Å². The van der Waals surface area contributed by atoms with Crippen LogP contribution in [-0.4, -0.2) is 5.78 Å². The molecule has 1 aliphatic carbocycles. The number of aryl methyl sites for hydroxylation is 1. The van der Waals surface area contributed by atoms with Crippen molar-refractivity contribution in [3.05, 3.63) is 55.9 Å². The van der Waals surface area contributed by atoms with E-state index in [0.717, 1.165) is 24.8 Å². The summed E-state index contributed by atoms with van der Waals surface area (Å²) in [7, 11) is 0. The first-order valence-electron chi connectivity index (χ1n) is 6.22. The number of carbonyl (C=O) groups excluding carboxylic acids is 1. The van der Waals surface area contributed by atoms with Crippen molar-refractivity contribution in [2.45, 2.75) is 25.2 Å². The van der Waals surface area contributed by atoms with Crippen LogP contribution in [0.3, 0.4) is 0 Å². The lowest BCUT2D eigenvalue weighted by molar-refractivity contribution is 0.0947. The fourth-order valence-electron chi connectivity index (χ4n) is 2.64. The average Bonchev–Trinajstić information content (AvgIpc) is 2.86. The van der Waals surface area contributed by atoms with Gasteiger partial charge in [0.25, 0.3) is 0 Å². The van der Waals surface area contributed by atoms with Crippen LogP contribution in [-0.2, 0) is 6.42 Å². The number of Topliss-reactive ketones (excluding diaryl/α,β-unsaturated/α-hetero) is 1. The van der Waals surface area contributed by atoms with Gasteiger partial charge in [0.05, 0.1) is 5.56 Å². The summed E-state index contributed by atoms with van der Waals surface area (Å²) in [6.07, 6.45) is 2.86. The fourth-order valence-corrected chi connectivity index (χ4v) is 3.96. The standard InChI is InChI=1S/C15H12BrFOS/c16-9-4-5-12(13(17)8-9)15(18)11-2-1-3-14-10(11)6-7-19-14/h4-8,11H,1-3H2. The lowest BCUT2D eigenvalue weighted by Gasteiger charge is -2.21. The summed E-state index contributed by atoms with van der Waals surface area (Å²) in [6, 6.07) is 6.65. The number of benzene rings is 1. The third kappa shape index (κ3) is 2.39. The fraction of sp³-hybridized carbons (Fsp3) is 0.267. The molecular weight excluding hydrogens is 327 g/mol. The molecule has 0 aliphatic heterocycles. The van der Waals surface area contributed by atoms with E-state index in [2.05, 4.69) is 15.9 Å². The highest BCUT2D eigenvalue weighted by Gasteiger charge is 2.29. The Hall–Kier alpha value is -1.00. The van der Waals surface area contributed by atoms with Crippen molar-refractivity contribution in [2.75, 3.05) is 0 Å². The molecule has 0 radical (unpaired) electrons. The zero-order valence-corrected chi connectivity index (χ0v) is 12.6. The van der Waals surface area contributed by atoms with Gasteiger partial charge in [0, 0.05) is 15.3 Å². The molecule has 1 aromatic heterocycles. The summed E-state index contributed by atoms with van der Waals surface area (Å²) < 4.78 is 14.6. The molecule has 0 bridgehead atoms. The van der Waals surface area contributed by atoms with Crippen molar-refractivity contribution >= 4 is 33.0 Å². The predicted molar refractivity (Wildman–Crippen MR) is 78.4 cm³/mol. The normalized spacial score (nSPS) is 18.1. The molecule has 3 rings (SSSR count). The smallest absolute Gasteiger partial charge is 0.173 e. The van der Waals surface area contributed by atoms with E-state index in [1.165, 1.54) is 10.9 Å². The maximum atomic E-state index is 13.9. The molecule has 0 N–H and O–H groups in total. The first-order valence-corrected chi connectivity index (χ1v) is 7.89. The van der Waals surface area contributed by atoms with Crippen molar-refractivity contribution in [2.24, 2.45) is 0 Å². The Morgan fingerprint density at radius 2 is 2.21 bits per heavy atom. The van der Waals surface area contributed by atoms with Gasteiger partial charge >= 0.3 is 0 Å². The molecule has 1 unspecified atom stereocenters. The summed E-state index contributed by atoms with van der Waals surface area (Å²) in [6.45, 7) is 0. The molecule has 0 fully saturated rings. The molecule has 19 heavy (non-hydrogen) atoms. The van der Waals surface area contributed by atoms with Crippen LogP contribution in [0.25, 0.3) is 0 Å². The quantitative estimate of drug-likeness (QED) is 0.708. The largest absolute Gasteiger partial charge is 0.293 e. The van der Waals surface area contributed by atoms with Crippen molar-refractivity contribution in [1.29, 1.82) is 0 Å². The Balaban J connectivity index is 1.98. The monoisotopic (exact) mass is 338 g/mol. The van der Waals surface area contributed by atoms with E-state index in [4.69, 9.17) is 0 Å². The van der Waals surface area contributed by atoms with Gasteiger partial charge in [-0.1, -0.05) is 15.9 Å². The zero-order valence-electron chi connectivity index (χ0n) is 10.2. The number of rotatable bonds is 2. The molecule has 4 heteroatoms. The van der Waals surface area contributed by atoms with Gasteiger partial charge in [-0.15, -0.1) is 11.3 Å². The minimum absolute atomic E-state index is 0.0932. The number of carbonyl (C=O) groups is 1. The van der Waals surface area contributed by atoms with Crippen LogP contribution in [0.2, 0.25) is 0 Å². The number of thiophene rings is 1. The summed E-state index contributed by atoms with van der Waals surface area (Å²) in [4.78, 5) is 13.8. The average molecular weight is 339 g/mol. The first kappa shape index (κ1) is 13.0. The SMILES string of the molecule is O=C(c1ccc(Br)cc1F)C1CCCc2sccc21. The Morgan fingerprint density at radius 3 is 3.00 bits per heavy atom. The predicted octanol–water partition coefficient (Wildman–Crippen LogP) is 4.95. The van der Waals surface area contributed by atoms with E-state index >= 15 is 0 Å². The van der Waals surface area contributed by atoms with Gasteiger partial charge in [0.1, 0.15) is 5.82 Å². The third-order valence-electron chi connectivity index (χ3n) is 3.57. The van der Waals surface area contributed by atoms with Crippen molar-refractivity contribution < 1.29 is 9.18 Å². The summed E-state index contributed by atoms with van der Waals surface area (Å²) in [5.41, 5.74) is 1.30. The molecule has 0 saturated heterocycles. The minimum atomic E-state index is -0.443. The number of ketones is 1. The molecule has 98 valence electrons. The second kappa shape index (κ2) is 5.17. The van der Waals surface area contributed by atoms with Gasteiger partial charge < -0.3 is 0 Å². The van der Waals surface area contributed by atoms with Crippen LogP contribution >= 0.6 is 27.3 Å². The van der Waals surface area contributed by atoms with Crippen LogP contribution in [0.4, 0.5) is 4.39 Å². The van der Waals surface area contributed by atoms with Crippen molar-refractivity contribution in [1.82, 2.24) is 0 Å². The van der Waals surface area contributed by atoms with Crippen LogP contribution in [0, 0.1) is 5.82 Å². The topological polar surface area (TPSA) is 17.1 Å². The van der Waals surface area contributed by atoms with Crippen LogP contribution in [0.15, 0.2) is 34.1 Å². The second-order valence-corrected chi connectivity index (χ2v) is 6.65. The second-order valence-electron chi connectivity index (χ2n) is 4.73. The van der Waals surface area contributed by atoms with Gasteiger partial charge in [0.2, 0.25) is 0 Å². The lowest BCUT2D eigenvalue weighted by atomic mass is 9.82. The molecule has 1 nitrogen and oxygen atoms in total. The van der Waals surface area contributed by atoms with Gasteiger partial charge in [-0.2, -0.15) is 0 Å². The minimum Gasteiger partial charge on any atom is -0.293 e. The van der Waals surface area contributed by atoms with Crippen LogP contribution in [0.1, 0.15) is 39.6 Å². The lowest BCUT2D eigenvalue weighted by Crippen LogP contribution is -2.18. The van der Waals surface area contributed by atoms with Gasteiger partial charge in [0.15, 0.2) is 5.78 Å². The molecule has 0 saturated carbocycles. The first-order chi connectivity index (χ1) is 9.16. The Bertz CT molecular complexity index is 635. The maximum Gasteiger partial charge on any atom is 0.173 e. The van der Waals surface area contributed by atoms with Crippen LogP contribution in [0.5, 0.6) is 0 Å². The van der Waals surface area contributed by atoms with Crippen molar-refractivity contribution in [3.63, 3.8) is 0 Å². The number of hydrogen-bond donors (Lipinski definition) is 0.